The van der Waals surface area contributed by atoms with E-state index in [-0.39, 0.29) is 6.04 Å². The van der Waals surface area contributed by atoms with Gasteiger partial charge in [-0.3, -0.25) is 0 Å². The molecular weight excluding hydrogens is 372 g/mol. The van der Waals surface area contributed by atoms with Crippen LogP contribution in [0.1, 0.15) is 36.9 Å². The Morgan fingerprint density at radius 3 is 2.28 bits per heavy atom. The van der Waals surface area contributed by atoms with Crippen molar-refractivity contribution in [2.24, 2.45) is 5.10 Å². The fourth-order valence-corrected chi connectivity index (χ4v) is 3.29. The third-order valence-corrected chi connectivity index (χ3v) is 4.71. The van der Waals surface area contributed by atoms with Gasteiger partial charge in [0.15, 0.2) is 11.5 Å². The van der Waals surface area contributed by atoms with Gasteiger partial charge >= 0.3 is 6.09 Å². The molecule has 0 saturated carbocycles. The van der Waals surface area contributed by atoms with Crippen molar-refractivity contribution < 1.29 is 23.7 Å². The molecular formula is C22H26N2O5. The number of hydrazone groups is 1. The van der Waals surface area contributed by atoms with Crippen LogP contribution in [-0.4, -0.2) is 44.8 Å². The van der Waals surface area contributed by atoms with E-state index in [1.165, 1.54) is 5.01 Å². The molecule has 3 rings (SSSR count). The number of hydrogen-bond donors (Lipinski definition) is 0. The number of carbonyl (C=O) groups is 1. The lowest BCUT2D eigenvalue weighted by molar-refractivity contribution is 0.0929. The third kappa shape index (κ3) is 4.29. The molecule has 1 heterocycles. The van der Waals surface area contributed by atoms with Crippen molar-refractivity contribution in [3.8, 4) is 17.2 Å². The van der Waals surface area contributed by atoms with Gasteiger partial charge in [0, 0.05) is 6.42 Å². The highest BCUT2D eigenvalue weighted by molar-refractivity contribution is 6.02. The Hall–Kier alpha value is -3.22. The Labute approximate surface area is 170 Å². The van der Waals surface area contributed by atoms with Crippen molar-refractivity contribution >= 4 is 11.8 Å². The lowest BCUT2D eigenvalue weighted by atomic mass is 9.98. The van der Waals surface area contributed by atoms with Crippen molar-refractivity contribution in [1.29, 1.82) is 0 Å². The SMILES string of the molecule is CCCOC(=O)N1N=C(c2ccccc2)CC1c1cc(OC)c(OC)c(OC)c1. The summed E-state index contributed by atoms with van der Waals surface area (Å²) in [5.74, 6) is 1.55. The van der Waals surface area contributed by atoms with Gasteiger partial charge in [-0.05, 0) is 29.7 Å². The van der Waals surface area contributed by atoms with E-state index in [1.54, 1.807) is 21.3 Å². The summed E-state index contributed by atoms with van der Waals surface area (Å²) in [6.45, 7) is 2.29. The van der Waals surface area contributed by atoms with E-state index in [0.717, 1.165) is 23.3 Å². The molecule has 29 heavy (non-hydrogen) atoms. The number of amides is 1. The molecule has 0 bridgehead atoms. The summed E-state index contributed by atoms with van der Waals surface area (Å²) < 4.78 is 21.7. The Balaban J connectivity index is 2.01. The maximum absolute atomic E-state index is 12.7. The number of methoxy groups -OCH3 is 3. The molecule has 1 aliphatic heterocycles. The minimum Gasteiger partial charge on any atom is -0.493 e. The van der Waals surface area contributed by atoms with Crippen molar-refractivity contribution in [2.45, 2.75) is 25.8 Å². The Bertz CT molecular complexity index is 857. The lowest BCUT2D eigenvalue weighted by Gasteiger charge is -2.23. The Kier molecular flexibility index (Phi) is 6.59. The molecule has 1 amide bonds. The second kappa shape index (κ2) is 9.32. The first kappa shape index (κ1) is 20.5. The first-order valence-corrected chi connectivity index (χ1v) is 9.51. The smallest absolute Gasteiger partial charge is 0.430 e. The second-order valence-corrected chi connectivity index (χ2v) is 6.55. The lowest BCUT2D eigenvalue weighted by Crippen LogP contribution is -2.28. The normalized spacial score (nSPS) is 15.7. The Morgan fingerprint density at radius 1 is 1.07 bits per heavy atom. The van der Waals surface area contributed by atoms with E-state index in [2.05, 4.69) is 5.10 Å². The van der Waals surface area contributed by atoms with Crippen molar-refractivity contribution in [3.63, 3.8) is 0 Å². The average molecular weight is 398 g/mol. The molecule has 154 valence electrons. The number of ether oxygens (including phenoxy) is 4. The fourth-order valence-electron chi connectivity index (χ4n) is 3.29. The van der Waals surface area contributed by atoms with Crippen LogP contribution in [0, 0.1) is 0 Å². The van der Waals surface area contributed by atoms with Gasteiger partial charge in [-0.15, -0.1) is 0 Å². The number of hydrogen-bond acceptors (Lipinski definition) is 6. The summed E-state index contributed by atoms with van der Waals surface area (Å²) in [4.78, 5) is 12.7. The summed E-state index contributed by atoms with van der Waals surface area (Å²) in [6.07, 6.45) is 0.810. The predicted octanol–water partition coefficient (Wildman–Crippen LogP) is 4.41. The topological polar surface area (TPSA) is 69.6 Å². The number of rotatable bonds is 7. The van der Waals surface area contributed by atoms with Gasteiger partial charge in [-0.2, -0.15) is 10.1 Å². The van der Waals surface area contributed by atoms with Crippen LogP contribution in [0.4, 0.5) is 4.79 Å². The van der Waals surface area contributed by atoms with Crippen LogP contribution in [0.5, 0.6) is 17.2 Å². The highest BCUT2D eigenvalue weighted by Gasteiger charge is 2.35. The van der Waals surface area contributed by atoms with E-state index in [9.17, 15) is 4.79 Å². The van der Waals surface area contributed by atoms with E-state index in [1.807, 2.05) is 49.4 Å². The summed E-state index contributed by atoms with van der Waals surface area (Å²) >= 11 is 0. The minimum atomic E-state index is -0.475. The van der Waals surface area contributed by atoms with E-state index in [4.69, 9.17) is 18.9 Å². The zero-order valence-electron chi connectivity index (χ0n) is 17.2. The molecule has 0 spiro atoms. The van der Waals surface area contributed by atoms with Gasteiger partial charge in [-0.1, -0.05) is 37.3 Å². The van der Waals surface area contributed by atoms with Crippen LogP contribution in [-0.2, 0) is 4.74 Å². The molecule has 1 atom stereocenters. The number of carbonyl (C=O) groups excluding carboxylic acids is 1. The maximum atomic E-state index is 12.7. The zero-order valence-corrected chi connectivity index (χ0v) is 17.2. The molecule has 2 aromatic carbocycles. The van der Waals surface area contributed by atoms with Crippen LogP contribution >= 0.6 is 0 Å². The largest absolute Gasteiger partial charge is 0.493 e. The molecule has 1 aliphatic rings. The highest BCUT2D eigenvalue weighted by atomic mass is 16.6. The fraction of sp³-hybridized carbons (Fsp3) is 0.364. The van der Waals surface area contributed by atoms with Crippen LogP contribution in [0.2, 0.25) is 0 Å². The molecule has 1 unspecified atom stereocenters. The van der Waals surface area contributed by atoms with Crippen molar-refractivity contribution in [1.82, 2.24) is 5.01 Å². The van der Waals surface area contributed by atoms with E-state index in [0.29, 0.717) is 30.3 Å². The third-order valence-electron chi connectivity index (χ3n) is 4.71. The van der Waals surface area contributed by atoms with Crippen LogP contribution in [0.3, 0.4) is 0 Å². The number of benzene rings is 2. The average Bonchev–Trinajstić information content (AvgIpc) is 3.22. The van der Waals surface area contributed by atoms with Gasteiger partial charge in [-0.25, -0.2) is 4.79 Å². The van der Waals surface area contributed by atoms with Crippen molar-refractivity contribution in [2.75, 3.05) is 27.9 Å². The van der Waals surface area contributed by atoms with Crippen molar-refractivity contribution in [3.05, 3.63) is 53.6 Å². The molecule has 0 radical (unpaired) electrons. The van der Waals surface area contributed by atoms with E-state index < -0.39 is 6.09 Å². The molecule has 0 aromatic heterocycles. The zero-order chi connectivity index (χ0) is 20.8. The van der Waals surface area contributed by atoms with Gasteiger partial charge in [0.2, 0.25) is 5.75 Å². The molecule has 7 heteroatoms. The summed E-state index contributed by atoms with van der Waals surface area (Å²) in [7, 11) is 4.68. The monoisotopic (exact) mass is 398 g/mol. The highest BCUT2D eigenvalue weighted by Crippen LogP contribution is 2.43. The summed E-state index contributed by atoms with van der Waals surface area (Å²) in [5, 5.41) is 5.99. The maximum Gasteiger partial charge on any atom is 0.430 e. The standard InChI is InChI=1S/C22H26N2O5/c1-5-11-29-22(25)24-18(14-17(23-24)15-9-7-6-8-10-15)16-12-19(26-2)21(28-4)20(13-16)27-3/h6-10,12-13,18H,5,11,14H2,1-4H3. The predicted molar refractivity (Wildman–Crippen MR) is 110 cm³/mol. The van der Waals surface area contributed by atoms with Crippen LogP contribution < -0.4 is 14.2 Å². The molecule has 0 aliphatic carbocycles. The molecule has 7 nitrogen and oxygen atoms in total. The molecule has 2 aromatic rings. The summed E-state index contributed by atoms with van der Waals surface area (Å²) in [6, 6.07) is 13.1. The van der Waals surface area contributed by atoms with E-state index >= 15 is 0 Å². The minimum absolute atomic E-state index is 0.341. The summed E-state index contributed by atoms with van der Waals surface area (Å²) in [5.41, 5.74) is 2.61. The molecule has 0 fully saturated rings. The van der Waals surface area contributed by atoms with Gasteiger partial charge in [0.1, 0.15) is 0 Å². The van der Waals surface area contributed by atoms with Gasteiger partial charge in [0.25, 0.3) is 0 Å². The molecule has 0 N–H and O–H groups in total. The van der Waals surface area contributed by atoms with Crippen LogP contribution in [0.15, 0.2) is 47.6 Å². The first-order chi connectivity index (χ1) is 14.1. The Morgan fingerprint density at radius 2 is 1.72 bits per heavy atom. The second-order valence-electron chi connectivity index (χ2n) is 6.55. The molecule has 0 saturated heterocycles. The van der Waals surface area contributed by atoms with Crippen LogP contribution in [0.25, 0.3) is 0 Å². The van der Waals surface area contributed by atoms with Gasteiger partial charge in [0.05, 0.1) is 39.7 Å². The van der Waals surface area contributed by atoms with Gasteiger partial charge < -0.3 is 18.9 Å². The quantitative estimate of drug-likeness (QED) is 0.691. The first-order valence-electron chi connectivity index (χ1n) is 9.51. The number of nitrogens with zero attached hydrogens (tertiary/aromatic N) is 2.